The first-order valence-corrected chi connectivity index (χ1v) is 9.69. The maximum atomic E-state index is 12.6. The Morgan fingerprint density at radius 2 is 2.07 bits per heavy atom. The van der Waals surface area contributed by atoms with E-state index in [1.54, 1.807) is 15.6 Å². The summed E-state index contributed by atoms with van der Waals surface area (Å²) in [6.07, 6.45) is 1.45. The minimum atomic E-state index is -0.552. The first kappa shape index (κ1) is 19.0. The average molecular weight is 395 g/mol. The predicted molar refractivity (Wildman–Crippen MR) is 110 cm³/mol. The van der Waals surface area contributed by atoms with E-state index in [2.05, 4.69) is 15.4 Å². The molecule has 29 heavy (non-hydrogen) atoms. The summed E-state index contributed by atoms with van der Waals surface area (Å²) in [6, 6.07) is 11.6. The number of benzene rings is 1. The van der Waals surface area contributed by atoms with E-state index in [9.17, 15) is 4.79 Å². The van der Waals surface area contributed by atoms with E-state index in [1.165, 1.54) is 0 Å². The molecule has 0 unspecified atom stereocenters. The smallest absolute Gasteiger partial charge is 0.410 e. The maximum absolute atomic E-state index is 12.6. The van der Waals surface area contributed by atoms with Gasteiger partial charge in [0.15, 0.2) is 5.65 Å². The van der Waals surface area contributed by atoms with Gasteiger partial charge in [0.05, 0.1) is 18.4 Å². The third-order valence-corrected chi connectivity index (χ3v) is 4.46. The number of hydrogen-bond acceptors (Lipinski definition) is 6. The molecule has 1 N–H and O–H groups in total. The third-order valence-electron chi connectivity index (χ3n) is 4.46. The Hall–Kier alpha value is -3.29. The highest BCUT2D eigenvalue weighted by atomic mass is 16.6. The second kappa shape index (κ2) is 7.62. The molecule has 8 nitrogen and oxygen atoms in total. The molecule has 2 aromatic heterocycles. The molecule has 4 bridgehead atoms. The van der Waals surface area contributed by atoms with E-state index in [1.807, 2.05) is 57.2 Å². The summed E-state index contributed by atoms with van der Waals surface area (Å²) in [5.74, 6) is 1.44. The standard InChI is InChI=1S/C21H25N5O3/c1-21(2,3)29-20(27)25-10-9-22-18-7-8-19-23-14-17(26(19)24-18)15-5-4-6-16(13-15)28-12-11-25/h4-8,13-14H,9-12H2,1-3H3,(H,22,24). The molecular formula is C21H25N5O3. The summed E-state index contributed by atoms with van der Waals surface area (Å²) in [4.78, 5) is 18.7. The minimum Gasteiger partial charge on any atom is -0.492 e. The van der Waals surface area contributed by atoms with Gasteiger partial charge in [0.25, 0.3) is 0 Å². The number of aromatic nitrogens is 3. The van der Waals surface area contributed by atoms with E-state index >= 15 is 0 Å². The molecule has 0 radical (unpaired) electrons. The lowest BCUT2D eigenvalue weighted by molar-refractivity contribution is 0.0234. The molecule has 1 aliphatic heterocycles. The Balaban J connectivity index is 1.65. The van der Waals surface area contributed by atoms with Crippen LogP contribution in [0.2, 0.25) is 0 Å². The van der Waals surface area contributed by atoms with Gasteiger partial charge in [0.1, 0.15) is 23.8 Å². The third kappa shape index (κ3) is 4.42. The van der Waals surface area contributed by atoms with E-state index in [4.69, 9.17) is 9.47 Å². The van der Waals surface area contributed by atoms with Crippen LogP contribution in [0.1, 0.15) is 20.8 Å². The number of fused-ring (bicyclic) bond motifs is 4. The predicted octanol–water partition coefficient (Wildman–Crippen LogP) is 3.44. The summed E-state index contributed by atoms with van der Waals surface area (Å²) in [6.45, 7) is 7.37. The van der Waals surface area contributed by atoms with E-state index in [0.717, 1.165) is 22.7 Å². The number of amides is 1. The lowest BCUT2D eigenvalue weighted by Crippen LogP contribution is -2.41. The van der Waals surface area contributed by atoms with Crippen molar-refractivity contribution in [3.8, 4) is 17.0 Å². The highest BCUT2D eigenvalue weighted by Gasteiger charge is 2.22. The van der Waals surface area contributed by atoms with Gasteiger partial charge in [-0.3, -0.25) is 0 Å². The van der Waals surface area contributed by atoms with Crippen molar-refractivity contribution < 1.29 is 14.3 Å². The van der Waals surface area contributed by atoms with Gasteiger partial charge in [0.2, 0.25) is 0 Å². The fourth-order valence-electron chi connectivity index (χ4n) is 3.12. The van der Waals surface area contributed by atoms with Gasteiger partial charge in [-0.2, -0.15) is 0 Å². The lowest BCUT2D eigenvalue weighted by atomic mass is 10.1. The van der Waals surface area contributed by atoms with Gasteiger partial charge < -0.3 is 19.7 Å². The number of carbonyl (C=O) groups excluding carboxylic acids is 1. The van der Waals surface area contributed by atoms with Gasteiger partial charge in [-0.15, -0.1) is 5.10 Å². The number of anilines is 1. The van der Waals surface area contributed by atoms with Crippen molar-refractivity contribution in [1.29, 1.82) is 0 Å². The highest BCUT2D eigenvalue weighted by Crippen LogP contribution is 2.25. The molecule has 0 saturated carbocycles. The maximum Gasteiger partial charge on any atom is 0.410 e. The van der Waals surface area contributed by atoms with E-state index < -0.39 is 5.60 Å². The summed E-state index contributed by atoms with van der Waals surface area (Å²) < 4.78 is 13.2. The highest BCUT2D eigenvalue weighted by molar-refractivity contribution is 5.68. The molecule has 1 amide bonds. The van der Waals surface area contributed by atoms with Crippen molar-refractivity contribution >= 4 is 17.6 Å². The number of nitrogens with one attached hydrogen (secondary N) is 1. The summed E-state index contributed by atoms with van der Waals surface area (Å²) in [7, 11) is 0. The summed E-state index contributed by atoms with van der Waals surface area (Å²) in [5.41, 5.74) is 2.06. The van der Waals surface area contributed by atoms with Crippen LogP contribution in [-0.4, -0.2) is 57.4 Å². The molecule has 3 heterocycles. The second-order valence-corrected chi connectivity index (χ2v) is 7.90. The molecule has 4 rings (SSSR count). The topological polar surface area (TPSA) is 81.0 Å². The van der Waals surface area contributed by atoms with Gasteiger partial charge in [-0.25, -0.2) is 14.3 Å². The SMILES string of the molecule is CC(C)(C)OC(=O)N1CCNc2ccc3ncc(n3n2)-c2cccc(c2)OCC1. The normalized spacial score (nSPS) is 14.8. The molecule has 0 atom stereocenters. The Bertz CT molecular complexity index is 1020. The van der Waals surface area contributed by atoms with Crippen LogP contribution < -0.4 is 10.1 Å². The van der Waals surface area contributed by atoms with Crippen molar-refractivity contribution in [1.82, 2.24) is 19.5 Å². The molecule has 1 aliphatic rings. The van der Waals surface area contributed by atoms with Crippen LogP contribution in [0, 0.1) is 0 Å². The van der Waals surface area contributed by atoms with Crippen LogP contribution in [-0.2, 0) is 4.74 Å². The van der Waals surface area contributed by atoms with Crippen molar-refractivity contribution in [3.63, 3.8) is 0 Å². The Labute approximate surface area is 169 Å². The number of nitrogens with zero attached hydrogens (tertiary/aromatic N) is 4. The Kier molecular flexibility index (Phi) is 5.00. The number of carbonyl (C=O) groups is 1. The Morgan fingerprint density at radius 1 is 1.21 bits per heavy atom. The van der Waals surface area contributed by atoms with Crippen molar-refractivity contribution in [2.24, 2.45) is 0 Å². The number of rotatable bonds is 0. The first-order chi connectivity index (χ1) is 13.9. The van der Waals surface area contributed by atoms with E-state index in [-0.39, 0.29) is 6.09 Å². The second-order valence-electron chi connectivity index (χ2n) is 7.90. The zero-order valence-corrected chi connectivity index (χ0v) is 16.9. The van der Waals surface area contributed by atoms with Crippen molar-refractivity contribution in [2.45, 2.75) is 26.4 Å². The average Bonchev–Trinajstić information content (AvgIpc) is 3.08. The number of imidazole rings is 1. The molecular weight excluding hydrogens is 370 g/mol. The molecule has 152 valence electrons. The molecule has 8 heteroatoms. The van der Waals surface area contributed by atoms with Gasteiger partial charge in [-0.1, -0.05) is 12.1 Å². The quantitative estimate of drug-likeness (QED) is 0.628. The van der Waals surface area contributed by atoms with Crippen molar-refractivity contribution in [2.75, 3.05) is 31.6 Å². The fraction of sp³-hybridized carbons (Fsp3) is 0.381. The van der Waals surface area contributed by atoms with Crippen molar-refractivity contribution in [3.05, 3.63) is 42.6 Å². The zero-order chi connectivity index (χ0) is 20.4. The molecule has 0 fully saturated rings. The number of hydrogen-bond donors (Lipinski definition) is 1. The molecule has 0 aliphatic carbocycles. The van der Waals surface area contributed by atoms with Crippen LogP contribution in [0.25, 0.3) is 16.9 Å². The van der Waals surface area contributed by atoms with Gasteiger partial charge >= 0.3 is 6.09 Å². The minimum absolute atomic E-state index is 0.357. The van der Waals surface area contributed by atoms with Crippen LogP contribution in [0.3, 0.4) is 0 Å². The van der Waals surface area contributed by atoms with Crippen LogP contribution in [0.15, 0.2) is 42.6 Å². The van der Waals surface area contributed by atoms with E-state index in [0.29, 0.717) is 32.1 Å². The van der Waals surface area contributed by atoms with Gasteiger partial charge in [0, 0.05) is 18.7 Å². The molecule has 1 aromatic carbocycles. The summed E-state index contributed by atoms with van der Waals surface area (Å²) in [5, 5.41) is 7.93. The van der Waals surface area contributed by atoms with Crippen LogP contribution >= 0.6 is 0 Å². The monoisotopic (exact) mass is 395 g/mol. The largest absolute Gasteiger partial charge is 0.492 e. The fourth-order valence-corrected chi connectivity index (χ4v) is 3.12. The number of ether oxygens (including phenoxy) is 2. The Morgan fingerprint density at radius 3 is 2.90 bits per heavy atom. The van der Waals surface area contributed by atoms with Gasteiger partial charge in [-0.05, 0) is 45.0 Å². The first-order valence-electron chi connectivity index (χ1n) is 9.69. The van der Waals surface area contributed by atoms with Crippen LogP contribution in [0.4, 0.5) is 10.6 Å². The lowest BCUT2D eigenvalue weighted by Gasteiger charge is -2.27. The zero-order valence-electron chi connectivity index (χ0n) is 16.9. The molecule has 3 aromatic rings. The summed E-state index contributed by atoms with van der Waals surface area (Å²) >= 11 is 0. The molecule has 0 saturated heterocycles. The molecule has 0 spiro atoms. The van der Waals surface area contributed by atoms with Crippen LogP contribution in [0.5, 0.6) is 5.75 Å².